The van der Waals surface area contributed by atoms with Gasteiger partial charge in [0.1, 0.15) is 0 Å². The smallest absolute Gasteiger partial charge is 0.0541 e. The highest BCUT2D eigenvalue weighted by Crippen LogP contribution is 2.43. The van der Waals surface area contributed by atoms with Crippen molar-refractivity contribution in [3.8, 4) is 50.2 Å². The molecule has 0 atom stereocenters. The van der Waals surface area contributed by atoms with Crippen LogP contribution in [0.1, 0.15) is 0 Å². The predicted molar refractivity (Wildman–Crippen MR) is 272 cm³/mol. The van der Waals surface area contributed by atoms with E-state index in [9.17, 15) is 0 Å². The average molecular weight is 815 g/mol. The van der Waals surface area contributed by atoms with Crippen LogP contribution in [0.4, 0.5) is 17.1 Å². The first-order valence-electron chi connectivity index (χ1n) is 22.0. The van der Waals surface area contributed by atoms with Gasteiger partial charge in [0.15, 0.2) is 0 Å². The maximum Gasteiger partial charge on any atom is 0.0541 e. The molecule has 0 saturated carbocycles. The van der Waals surface area contributed by atoms with Crippen LogP contribution in [-0.2, 0) is 0 Å². The molecule has 12 aromatic rings. The quantitative estimate of drug-likeness (QED) is 0.139. The Morgan fingerprint density at radius 2 is 0.750 bits per heavy atom. The topological polar surface area (TPSA) is 8.17 Å². The van der Waals surface area contributed by atoms with Crippen LogP contribution in [0.25, 0.3) is 93.5 Å². The highest BCUT2D eigenvalue weighted by molar-refractivity contribution is 6.13. The number of nitrogens with zero attached hydrogens (tertiary/aromatic N) is 2. The minimum atomic E-state index is 1.08. The van der Waals surface area contributed by atoms with Crippen molar-refractivity contribution in [3.05, 3.63) is 255 Å². The molecule has 2 heteroatoms. The van der Waals surface area contributed by atoms with Crippen molar-refractivity contribution in [1.29, 1.82) is 0 Å². The lowest BCUT2D eigenvalue weighted by Gasteiger charge is -2.27. The van der Waals surface area contributed by atoms with E-state index >= 15 is 0 Å². The van der Waals surface area contributed by atoms with Gasteiger partial charge in [-0.25, -0.2) is 0 Å². The maximum atomic E-state index is 2.42. The van der Waals surface area contributed by atoms with Crippen LogP contribution >= 0.6 is 0 Å². The number of fused-ring (bicyclic) bond motifs is 6. The summed E-state index contributed by atoms with van der Waals surface area (Å²) >= 11 is 0. The second kappa shape index (κ2) is 15.8. The van der Waals surface area contributed by atoms with Crippen LogP contribution < -0.4 is 4.90 Å². The van der Waals surface area contributed by atoms with Gasteiger partial charge in [-0.3, -0.25) is 0 Å². The highest BCUT2D eigenvalue weighted by atomic mass is 15.1. The van der Waals surface area contributed by atoms with E-state index in [-0.39, 0.29) is 0 Å². The Morgan fingerprint density at radius 1 is 0.250 bits per heavy atom. The molecule has 1 heterocycles. The van der Waals surface area contributed by atoms with Gasteiger partial charge >= 0.3 is 0 Å². The third-order valence-corrected chi connectivity index (χ3v) is 12.8. The van der Waals surface area contributed by atoms with Crippen molar-refractivity contribution in [2.45, 2.75) is 0 Å². The lowest BCUT2D eigenvalue weighted by molar-refractivity contribution is 1.18. The molecule has 0 saturated heterocycles. The summed E-state index contributed by atoms with van der Waals surface area (Å²) in [6, 6.07) is 92.7. The fourth-order valence-electron chi connectivity index (χ4n) is 9.80. The van der Waals surface area contributed by atoms with Gasteiger partial charge in [-0.2, -0.15) is 0 Å². The van der Waals surface area contributed by atoms with Crippen molar-refractivity contribution in [1.82, 2.24) is 4.57 Å². The normalized spacial score (nSPS) is 11.4. The zero-order valence-electron chi connectivity index (χ0n) is 35.1. The number of hydrogen-bond acceptors (Lipinski definition) is 1. The fourth-order valence-corrected chi connectivity index (χ4v) is 9.80. The second-order valence-electron chi connectivity index (χ2n) is 16.5. The van der Waals surface area contributed by atoms with Crippen LogP contribution in [0.2, 0.25) is 0 Å². The molecule has 0 bridgehead atoms. The molecule has 64 heavy (non-hydrogen) atoms. The number of anilines is 3. The number of hydrogen-bond donors (Lipinski definition) is 0. The van der Waals surface area contributed by atoms with E-state index in [4.69, 9.17) is 0 Å². The molecule has 300 valence electrons. The molecule has 0 aliphatic rings. The van der Waals surface area contributed by atoms with E-state index in [1.54, 1.807) is 0 Å². The van der Waals surface area contributed by atoms with Crippen LogP contribution in [0.3, 0.4) is 0 Å². The van der Waals surface area contributed by atoms with Crippen LogP contribution in [0.5, 0.6) is 0 Å². The van der Waals surface area contributed by atoms with E-state index < -0.39 is 0 Å². The van der Waals surface area contributed by atoms with Gasteiger partial charge in [-0.1, -0.05) is 188 Å². The molecule has 0 aliphatic heterocycles. The largest absolute Gasteiger partial charge is 0.310 e. The Hall–Kier alpha value is -8.46. The van der Waals surface area contributed by atoms with Crippen LogP contribution in [0.15, 0.2) is 255 Å². The number of aromatic nitrogens is 1. The van der Waals surface area contributed by atoms with Gasteiger partial charge in [0.25, 0.3) is 0 Å². The molecule has 11 aromatic carbocycles. The molecule has 1 aromatic heterocycles. The molecule has 0 amide bonds. The van der Waals surface area contributed by atoms with Crippen molar-refractivity contribution in [2.75, 3.05) is 4.90 Å². The third-order valence-electron chi connectivity index (χ3n) is 12.8. The van der Waals surface area contributed by atoms with E-state index in [0.717, 1.165) is 33.9 Å². The summed E-state index contributed by atoms with van der Waals surface area (Å²) in [5, 5.41) is 7.51. The summed E-state index contributed by atoms with van der Waals surface area (Å²) < 4.78 is 2.38. The predicted octanol–water partition coefficient (Wildman–Crippen LogP) is 17.2. The lowest BCUT2D eigenvalue weighted by atomic mass is 9.93. The Balaban J connectivity index is 1.02. The zero-order chi connectivity index (χ0) is 42.4. The average Bonchev–Trinajstić information content (AvgIpc) is 3.71. The highest BCUT2D eigenvalue weighted by Gasteiger charge is 2.19. The summed E-state index contributed by atoms with van der Waals surface area (Å²) in [5.74, 6) is 0. The molecular formula is C62H42N2. The van der Waals surface area contributed by atoms with Gasteiger partial charge in [-0.15, -0.1) is 0 Å². The van der Waals surface area contributed by atoms with Crippen molar-refractivity contribution in [3.63, 3.8) is 0 Å². The second-order valence-corrected chi connectivity index (χ2v) is 16.5. The summed E-state index contributed by atoms with van der Waals surface area (Å²) in [4.78, 5) is 2.42. The van der Waals surface area contributed by atoms with Gasteiger partial charge in [0, 0.05) is 33.5 Å². The first kappa shape index (κ1) is 37.3. The van der Waals surface area contributed by atoms with E-state index in [1.807, 2.05) is 0 Å². The van der Waals surface area contributed by atoms with Gasteiger partial charge in [0.2, 0.25) is 0 Å². The molecule has 0 aliphatic carbocycles. The number of benzene rings is 11. The number of para-hydroxylation sites is 2. The monoisotopic (exact) mass is 814 g/mol. The van der Waals surface area contributed by atoms with Crippen molar-refractivity contribution in [2.24, 2.45) is 0 Å². The molecule has 0 fully saturated rings. The summed E-state index contributed by atoms with van der Waals surface area (Å²) in [6.07, 6.45) is 0. The lowest BCUT2D eigenvalue weighted by Crippen LogP contribution is -2.10. The van der Waals surface area contributed by atoms with E-state index in [1.165, 1.54) is 76.7 Å². The summed E-state index contributed by atoms with van der Waals surface area (Å²) in [7, 11) is 0. The van der Waals surface area contributed by atoms with Gasteiger partial charge < -0.3 is 9.47 Å². The molecule has 2 nitrogen and oxygen atoms in total. The number of rotatable bonds is 8. The van der Waals surface area contributed by atoms with E-state index in [2.05, 4.69) is 264 Å². The van der Waals surface area contributed by atoms with Crippen molar-refractivity contribution >= 4 is 60.4 Å². The molecule has 0 spiro atoms. The minimum Gasteiger partial charge on any atom is -0.310 e. The SMILES string of the molecule is c1ccc(-c2ccccc2-c2cccc(N(c3cccc(-c4ccc5c(c4)c4ccccc4n5-c4ccccc4)c3)c3cccc(-c4cccc5c4ccc4ccccc45)c3)c2)cc1. The Labute approximate surface area is 373 Å². The summed E-state index contributed by atoms with van der Waals surface area (Å²) in [5.41, 5.74) is 16.3. The van der Waals surface area contributed by atoms with Gasteiger partial charge in [0.05, 0.1) is 11.0 Å². The first-order valence-corrected chi connectivity index (χ1v) is 22.0. The van der Waals surface area contributed by atoms with Crippen LogP contribution in [0, 0.1) is 0 Å². The van der Waals surface area contributed by atoms with Crippen LogP contribution in [-0.4, -0.2) is 4.57 Å². The molecule has 0 radical (unpaired) electrons. The Morgan fingerprint density at radius 3 is 1.50 bits per heavy atom. The summed E-state index contributed by atoms with van der Waals surface area (Å²) in [6.45, 7) is 0. The fraction of sp³-hybridized carbons (Fsp3) is 0. The zero-order valence-corrected chi connectivity index (χ0v) is 35.1. The van der Waals surface area contributed by atoms with E-state index in [0.29, 0.717) is 0 Å². The Bertz CT molecular complexity index is 3680. The Kier molecular flexibility index (Phi) is 9.20. The first-order chi connectivity index (χ1) is 31.7. The molecule has 0 unspecified atom stereocenters. The minimum absolute atomic E-state index is 1.08. The molecular weight excluding hydrogens is 773 g/mol. The standard InChI is InChI=1S/C62H42N2/c1-3-17-43(18-4-1)53-28-9-10-30-55(53)47-21-14-26-51(40-47)63(52-27-15-22-48(41-52)56-32-16-33-57-54-29-8-7-19-44(54)35-37-58(56)57)50-25-13-20-45(39-50)46-36-38-62-60(42-46)59-31-11-12-34-61(59)64(62)49-23-5-2-6-24-49/h1-42H. The van der Waals surface area contributed by atoms with Crippen molar-refractivity contribution < 1.29 is 0 Å². The maximum absolute atomic E-state index is 2.42. The molecule has 0 N–H and O–H groups in total. The van der Waals surface area contributed by atoms with Gasteiger partial charge in [-0.05, 0) is 133 Å². The molecule has 12 rings (SSSR count). The third kappa shape index (κ3) is 6.52.